The van der Waals surface area contributed by atoms with E-state index in [1.54, 1.807) is 7.11 Å². The summed E-state index contributed by atoms with van der Waals surface area (Å²) < 4.78 is 11.9. The second-order valence-corrected chi connectivity index (χ2v) is 12.6. The van der Waals surface area contributed by atoms with Crippen LogP contribution in [0.5, 0.6) is 17.2 Å². The van der Waals surface area contributed by atoms with E-state index in [1.807, 2.05) is 66.7 Å². The Morgan fingerprint density at radius 1 is 0.846 bits per heavy atom. The predicted octanol–water partition coefficient (Wildman–Crippen LogP) is 8.54. The fourth-order valence-electron chi connectivity index (χ4n) is 5.38. The molecule has 1 N–H and O–H groups in total. The molecule has 0 saturated carbocycles. The van der Waals surface area contributed by atoms with Gasteiger partial charge >= 0.3 is 0 Å². The molecule has 0 fully saturated rings. The Morgan fingerprint density at radius 3 is 2.23 bits per heavy atom. The van der Waals surface area contributed by atoms with E-state index in [0.29, 0.717) is 17.8 Å². The number of ether oxygens (including phenoxy) is 2. The van der Waals surface area contributed by atoms with Crippen LogP contribution in [-0.2, 0) is 17.3 Å². The number of benzene rings is 3. The lowest BCUT2D eigenvalue weighted by molar-refractivity contribution is 0.0958. The number of carbonyl (C=O) groups is 1. The van der Waals surface area contributed by atoms with Crippen molar-refractivity contribution >= 4 is 17.2 Å². The van der Waals surface area contributed by atoms with Gasteiger partial charge in [-0.2, -0.15) is 0 Å². The zero-order chi connectivity index (χ0) is 27.6. The Balaban J connectivity index is 1.30. The van der Waals surface area contributed by atoms with Crippen molar-refractivity contribution in [2.24, 2.45) is 0 Å². The molecule has 0 saturated heterocycles. The third-order valence-electron chi connectivity index (χ3n) is 7.89. The molecule has 0 aliphatic heterocycles. The van der Waals surface area contributed by atoms with E-state index in [0.717, 1.165) is 46.1 Å². The summed E-state index contributed by atoms with van der Waals surface area (Å²) in [4.78, 5) is 14.8. The SMILES string of the molecule is COc1cc2c(cc1-c1ccc(C(=O)NCCc3ccccc3Oc3ccccc3)s1)C(C)(C)CCC2(C)C. The lowest BCUT2D eigenvalue weighted by atomic mass is 9.63. The Labute approximate surface area is 236 Å². The largest absolute Gasteiger partial charge is 0.496 e. The Kier molecular flexibility index (Phi) is 7.55. The molecule has 1 heterocycles. The summed E-state index contributed by atoms with van der Waals surface area (Å²) in [6.07, 6.45) is 2.98. The summed E-state index contributed by atoms with van der Waals surface area (Å²) in [5, 5.41) is 3.09. The molecule has 3 aromatic carbocycles. The van der Waals surface area contributed by atoms with Crippen LogP contribution in [0.1, 0.15) is 66.9 Å². The van der Waals surface area contributed by atoms with Crippen LogP contribution < -0.4 is 14.8 Å². The van der Waals surface area contributed by atoms with Gasteiger partial charge in [0.25, 0.3) is 5.91 Å². The van der Waals surface area contributed by atoms with Gasteiger partial charge in [0.15, 0.2) is 0 Å². The molecule has 4 aromatic rings. The van der Waals surface area contributed by atoms with Crippen molar-refractivity contribution in [3.8, 4) is 27.7 Å². The number of hydrogen-bond donors (Lipinski definition) is 1. The van der Waals surface area contributed by atoms with Gasteiger partial charge in [-0.15, -0.1) is 11.3 Å². The van der Waals surface area contributed by atoms with Crippen LogP contribution in [0.15, 0.2) is 78.9 Å². The number of hydrogen-bond acceptors (Lipinski definition) is 4. The van der Waals surface area contributed by atoms with Gasteiger partial charge in [-0.3, -0.25) is 4.79 Å². The van der Waals surface area contributed by atoms with E-state index < -0.39 is 0 Å². The summed E-state index contributed by atoms with van der Waals surface area (Å²) in [7, 11) is 1.73. The van der Waals surface area contributed by atoms with E-state index >= 15 is 0 Å². The maximum Gasteiger partial charge on any atom is 0.261 e. The summed E-state index contributed by atoms with van der Waals surface area (Å²) in [5.74, 6) is 2.40. The Hall–Kier alpha value is -3.57. The molecule has 0 bridgehead atoms. The average molecular weight is 540 g/mol. The highest BCUT2D eigenvalue weighted by atomic mass is 32.1. The van der Waals surface area contributed by atoms with E-state index in [9.17, 15) is 4.79 Å². The third-order valence-corrected chi connectivity index (χ3v) is 9.01. The van der Waals surface area contributed by atoms with E-state index in [-0.39, 0.29) is 16.7 Å². The molecule has 39 heavy (non-hydrogen) atoms. The van der Waals surface area contributed by atoms with Crippen LogP contribution in [-0.4, -0.2) is 19.6 Å². The highest BCUT2D eigenvalue weighted by Crippen LogP contribution is 2.49. The van der Waals surface area contributed by atoms with Gasteiger partial charge in [-0.25, -0.2) is 0 Å². The molecule has 1 aromatic heterocycles. The molecule has 5 heteroatoms. The maximum absolute atomic E-state index is 13.1. The van der Waals surface area contributed by atoms with E-state index in [2.05, 4.69) is 45.1 Å². The lowest BCUT2D eigenvalue weighted by Crippen LogP contribution is -2.33. The minimum atomic E-state index is -0.0638. The maximum atomic E-state index is 13.1. The highest BCUT2D eigenvalue weighted by Gasteiger charge is 2.38. The molecule has 4 nitrogen and oxygen atoms in total. The van der Waals surface area contributed by atoms with Crippen LogP contribution in [0, 0.1) is 0 Å². The van der Waals surface area contributed by atoms with Crippen molar-refractivity contribution in [2.45, 2.75) is 57.8 Å². The number of rotatable bonds is 8. The Bertz CT molecular complexity index is 1470. The van der Waals surface area contributed by atoms with Crippen LogP contribution >= 0.6 is 11.3 Å². The average Bonchev–Trinajstić information content (AvgIpc) is 3.43. The van der Waals surface area contributed by atoms with E-state index in [1.165, 1.54) is 22.5 Å². The number of amides is 1. The normalized spacial score (nSPS) is 15.3. The summed E-state index contributed by atoms with van der Waals surface area (Å²) in [6.45, 7) is 9.81. The Morgan fingerprint density at radius 2 is 1.51 bits per heavy atom. The fourth-order valence-corrected chi connectivity index (χ4v) is 6.33. The van der Waals surface area contributed by atoms with Crippen molar-refractivity contribution in [3.63, 3.8) is 0 Å². The smallest absolute Gasteiger partial charge is 0.261 e. The number of carbonyl (C=O) groups excluding carboxylic acids is 1. The van der Waals surface area contributed by atoms with Crippen molar-refractivity contribution in [2.75, 3.05) is 13.7 Å². The number of fused-ring (bicyclic) bond motifs is 1. The summed E-state index contributed by atoms with van der Waals surface area (Å²) in [5.41, 5.74) is 5.07. The van der Waals surface area contributed by atoms with Gasteiger partial charge in [-0.1, -0.05) is 64.1 Å². The third kappa shape index (κ3) is 5.74. The first kappa shape index (κ1) is 27.0. The van der Waals surface area contributed by atoms with Crippen molar-refractivity contribution in [1.29, 1.82) is 0 Å². The first-order chi connectivity index (χ1) is 18.7. The second-order valence-electron chi connectivity index (χ2n) is 11.6. The predicted molar refractivity (Wildman–Crippen MR) is 161 cm³/mol. The van der Waals surface area contributed by atoms with Gasteiger partial charge < -0.3 is 14.8 Å². The molecule has 0 atom stereocenters. The molecular weight excluding hydrogens is 502 g/mol. The molecular formula is C34H37NO3S. The van der Waals surface area contributed by atoms with Gasteiger partial charge in [-0.05, 0) is 89.2 Å². The highest BCUT2D eigenvalue weighted by molar-refractivity contribution is 7.17. The fraction of sp³-hybridized carbons (Fsp3) is 0.324. The first-order valence-electron chi connectivity index (χ1n) is 13.6. The molecule has 0 radical (unpaired) electrons. The van der Waals surface area contributed by atoms with Gasteiger partial charge in [0.05, 0.1) is 12.0 Å². The topological polar surface area (TPSA) is 47.6 Å². The molecule has 202 valence electrons. The standard InChI is InChI=1S/C34H37NO3S/c1-33(2)18-19-34(3,4)27-22-29(37-5)25(21-26(27)33)30-15-16-31(39-30)32(36)35-20-17-23-11-9-10-14-28(23)38-24-12-7-6-8-13-24/h6-16,21-22H,17-20H2,1-5H3,(H,35,36). The molecule has 0 spiro atoms. The zero-order valence-electron chi connectivity index (χ0n) is 23.5. The van der Waals surface area contributed by atoms with Crippen LogP contribution in [0.25, 0.3) is 10.4 Å². The van der Waals surface area contributed by atoms with Gasteiger partial charge in [0.1, 0.15) is 17.2 Å². The van der Waals surface area contributed by atoms with Crippen LogP contribution in [0.4, 0.5) is 0 Å². The zero-order valence-corrected chi connectivity index (χ0v) is 24.3. The molecule has 1 amide bonds. The molecule has 5 rings (SSSR count). The monoisotopic (exact) mass is 539 g/mol. The first-order valence-corrected chi connectivity index (χ1v) is 14.4. The number of nitrogens with one attached hydrogen (secondary N) is 1. The number of thiophene rings is 1. The number of para-hydroxylation sites is 2. The lowest BCUT2D eigenvalue weighted by Gasteiger charge is -2.42. The quantitative estimate of drug-likeness (QED) is 0.244. The van der Waals surface area contributed by atoms with Crippen LogP contribution in [0.3, 0.4) is 0 Å². The summed E-state index contributed by atoms with van der Waals surface area (Å²) in [6, 6.07) is 26.2. The molecule has 1 aliphatic carbocycles. The van der Waals surface area contributed by atoms with Crippen molar-refractivity contribution in [3.05, 3.63) is 100 Å². The second kappa shape index (κ2) is 10.9. The van der Waals surface area contributed by atoms with E-state index in [4.69, 9.17) is 9.47 Å². The van der Waals surface area contributed by atoms with Crippen LogP contribution in [0.2, 0.25) is 0 Å². The van der Waals surface area contributed by atoms with Gasteiger partial charge in [0.2, 0.25) is 0 Å². The van der Waals surface area contributed by atoms with Gasteiger partial charge in [0, 0.05) is 17.0 Å². The molecule has 0 unspecified atom stereocenters. The summed E-state index contributed by atoms with van der Waals surface area (Å²) >= 11 is 1.51. The van der Waals surface area contributed by atoms with Crippen molar-refractivity contribution in [1.82, 2.24) is 5.32 Å². The minimum absolute atomic E-state index is 0.0638. The number of methoxy groups -OCH3 is 1. The minimum Gasteiger partial charge on any atom is -0.496 e. The molecule has 1 aliphatic rings. The van der Waals surface area contributed by atoms with Crippen molar-refractivity contribution < 1.29 is 14.3 Å².